The molecule has 0 radical (unpaired) electrons. The summed E-state index contributed by atoms with van der Waals surface area (Å²) in [5.74, 6) is 1.13. The maximum atomic E-state index is 3.66. The van der Waals surface area contributed by atoms with E-state index in [1.165, 1.54) is 0 Å². The average molecular weight is 129 g/mol. The van der Waals surface area contributed by atoms with Crippen molar-refractivity contribution in [1.29, 1.82) is 0 Å². The van der Waals surface area contributed by atoms with Crippen LogP contribution >= 0.6 is 11.8 Å². The highest BCUT2D eigenvalue weighted by Gasteiger charge is 1.69. The molecule has 0 rings (SSSR count). The molecule has 0 heterocycles. The van der Waals surface area contributed by atoms with Crippen molar-refractivity contribution in [3.05, 3.63) is 11.5 Å². The van der Waals surface area contributed by atoms with Crippen LogP contribution in [0, 0.1) is 0 Å². The van der Waals surface area contributed by atoms with Crippen molar-refractivity contribution in [3.8, 4) is 0 Å². The zero-order valence-electron chi connectivity index (χ0n) is 5.13. The van der Waals surface area contributed by atoms with Gasteiger partial charge in [-0.1, -0.05) is 13.0 Å². The van der Waals surface area contributed by atoms with Crippen molar-refractivity contribution in [2.24, 2.45) is 4.99 Å². The van der Waals surface area contributed by atoms with E-state index in [2.05, 4.69) is 24.0 Å². The predicted octanol–water partition coefficient (Wildman–Crippen LogP) is 1.95. The Labute approximate surface area is 54.9 Å². The van der Waals surface area contributed by atoms with Gasteiger partial charge in [-0.05, 0) is 17.9 Å². The summed E-state index contributed by atoms with van der Waals surface area (Å²) in [6.45, 7) is 6.21. The van der Waals surface area contributed by atoms with E-state index in [1.807, 2.05) is 6.08 Å². The Balaban J connectivity index is 2.94. The minimum Gasteiger partial charge on any atom is -0.297 e. The SMILES string of the molecule is C=NCC=CSCC. The van der Waals surface area contributed by atoms with Crippen LogP contribution in [0.3, 0.4) is 0 Å². The molecular formula is C6H11NS. The van der Waals surface area contributed by atoms with Gasteiger partial charge in [-0.2, -0.15) is 0 Å². The first-order valence-corrected chi connectivity index (χ1v) is 3.65. The second-order valence-corrected chi connectivity index (χ2v) is 2.42. The number of aliphatic imine (C=N–C) groups is 1. The molecule has 0 bridgehead atoms. The largest absolute Gasteiger partial charge is 0.297 e. The van der Waals surface area contributed by atoms with Crippen LogP contribution in [-0.4, -0.2) is 19.0 Å². The normalized spacial score (nSPS) is 10.1. The molecule has 0 aliphatic carbocycles. The lowest BCUT2D eigenvalue weighted by molar-refractivity contribution is 1.27. The summed E-state index contributed by atoms with van der Waals surface area (Å²) in [4.78, 5) is 3.66. The molecule has 0 spiro atoms. The lowest BCUT2D eigenvalue weighted by Crippen LogP contribution is -1.65. The van der Waals surface area contributed by atoms with Crippen molar-refractivity contribution < 1.29 is 0 Å². The third-order valence-corrected chi connectivity index (χ3v) is 1.31. The molecule has 0 unspecified atom stereocenters. The Hall–Kier alpha value is -0.240. The van der Waals surface area contributed by atoms with Crippen molar-refractivity contribution >= 4 is 18.5 Å². The van der Waals surface area contributed by atoms with E-state index in [-0.39, 0.29) is 0 Å². The summed E-state index contributed by atoms with van der Waals surface area (Å²) in [5, 5.41) is 2.05. The van der Waals surface area contributed by atoms with Gasteiger partial charge in [0, 0.05) is 0 Å². The highest BCUT2D eigenvalue weighted by molar-refractivity contribution is 8.02. The van der Waals surface area contributed by atoms with Gasteiger partial charge in [0.2, 0.25) is 0 Å². The highest BCUT2D eigenvalue weighted by Crippen LogP contribution is 1.98. The van der Waals surface area contributed by atoms with Crippen LogP contribution in [0.15, 0.2) is 16.5 Å². The minimum atomic E-state index is 0.743. The zero-order valence-corrected chi connectivity index (χ0v) is 5.95. The van der Waals surface area contributed by atoms with Crippen LogP contribution in [-0.2, 0) is 0 Å². The van der Waals surface area contributed by atoms with Gasteiger partial charge in [0.15, 0.2) is 0 Å². The van der Waals surface area contributed by atoms with Gasteiger partial charge in [0.05, 0.1) is 6.54 Å². The Bertz CT molecular complexity index is 78.6. The Morgan fingerprint density at radius 1 is 1.75 bits per heavy atom. The zero-order chi connectivity index (χ0) is 6.24. The molecule has 0 aliphatic heterocycles. The third kappa shape index (κ3) is 5.76. The fraction of sp³-hybridized carbons (Fsp3) is 0.500. The smallest absolute Gasteiger partial charge is 0.0571 e. The van der Waals surface area contributed by atoms with Crippen LogP contribution < -0.4 is 0 Å². The molecule has 8 heavy (non-hydrogen) atoms. The van der Waals surface area contributed by atoms with Crippen LogP contribution in [0.2, 0.25) is 0 Å². The van der Waals surface area contributed by atoms with Gasteiger partial charge in [-0.25, -0.2) is 0 Å². The van der Waals surface area contributed by atoms with Gasteiger partial charge >= 0.3 is 0 Å². The van der Waals surface area contributed by atoms with E-state index in [1.54, 1.807) is 11.8 Å². The second kappa shape index (κ2) is 6.76. The molecule has 46 valence electrons. The quantitative estimate of drug-likeness (QED) is 0.528. The van der Waals surface area contributed by atoms with Crippen molar-refractivity contribution in [2.45, 2.75) is 6.92 Å². The second-order valence-electron chi connectivity index (χ2n) is 1.23. The first-order chi connectivity index (χ1) is 3.91. The molecule has 0 saturated carbocycles. The number of thioether (sulfide) groups is 1. The van der Waals surface area contributed by atoms with Crippen LogP contribution in [0.25, 0.3) is 0 Å². The summed E-state index contributed by atoms with van der Waals surface area (Å²) in [6.07, 6.45) is 2.00. The maximum absolute atomic E-state index is 3.66. The third-order valence-electron chi connectivity index (χ3n) is 0.594. The van der Waals surface area contributed by atoms with Crippen LogP contribution in [0.1, 0.15) is 6.92 Å². The predicted molar refractivity (Wildman–Crippen MR) is 41.7 cm³/mol. The molecule has 0 N–H and O–H groups in total. The van der Waals surface area contributed by atoms with Gasteiger partial charge < -0.3 is 0 Å². The molecule has 0 aliphatic rings. The maximum Gasteiger partial charge on any atom is 0.0571 e. The average Bonchev–Trinajstić information content (AvgIpc) is 1.81. The van der Waals surface area contributed by atoms with E-state index in [0.29, 0.717) is 0 Å². The topological polar surface area (TPSA) is 12.4 Å². The summed E-state index contributed by atoms with van der Waals surface area (Å²) < 4.78 is 0. The summed E-state index contributed by atoms with van der Waals surface area (Å²) in [5.41, 5.74) is 0. The summed E-state index contributed by atoms with van der Waals surface area (Å²) in [6, 6.07) is 0. The first-order valence-electron chi connectivity index (χ1n) is 2.61. The van der Waals surface area contributed by atoms with Crippen LogP contribution in [0.5, 0.6) is 0 Å². The molecule has 0 saturated heterocycles. The van der Waals surface area contributed by atoms with Gasteiger partial charge in [-0.15, -0.1) is 11.8 Å². The standard InChI is InChI=1S/C6H11NS/c1-3-8-6-4-5-7-2/h4,6H,2-3,5H2,1H3. The minimum absolute atomic E-state index is 0.743. The summed E-state index contributed by atoms with van der Waals surface area (Å²) >= 11 is 1.78. The van der Waals surface area contributed by atoms with E-state index >= 15 is 0 Å². The highest BCUT2D eigenvalue weighted by atomic mass is 32.2. The Morgan fingerprint density at radius 2 is 2.50 bits per heavy atom. The van der Waals surface area contributed by atoms with Crippen molar-refractivity contribution in [2.75, 3.05) is 12.3 Å². The van der Waals surface area contributed by atoms with Gasteiger partial charge in [-0.3, -0.25) is 4.99 Å². The molecule has 2 heteroatoms. The van der Waals surface area contributed by atoms with Gasteiger partial charge in [0.1, 0.15) is 0 Å². The molecule has 0 fully saturated rings. The van der Waals surface area contributed by atoms with Crippen molar-refractivity contribution in [1.82, 2.24) is 0 Å². The lowest BCUT2D eigenvalue weighted by atomic mass is 10.7. The molecule has 0 atom stereocenters. The number of hydrogen-bond acceptors (Lipinski definition) is 2. The monoisotopic (exact) mass is 129 g/mol. The first kappa shape index (κ1) is 7.76. The summed E-state index contributed by atoms with van der Waals surface area (Å²) in [7, 11) is 0. The van der Waals surface area contributed by atoms with Crippen molar-refractivity contribution in [3.63, 3.8) is 0 Å². The Kier molecular flexibility index (Phi) is 6.56. The molecular weight excluding hydrogens is 118 g/mol. The molecule has 1 nitrogen and oxygen atoms in total. The number of nitrogens with zero attached hydrogens (tertiary/aromatic N) is 1. The number of rotatable bonds is 4. The van der Waals surface area contributed by atoms with E-state index in [9.17, 15) is 0 Å². The molecule has 0 aromatic heterocycles. The molecule has 0 amide bonds. The lowest BCUT2D eigenvalue weighted by Gasteiger charge is -1.81. The van der Waals surface area contributed by atoms with E-state index in [0.717, 1.165) is 12.3 Å². The Morgan fingerprint density at radius 3 is 3.00 bits per heavy atom. The van der Waals surface area contributed by atoms with Gasteiger partial charge in [0.25, 0.3) is 0 Å². The number of hydrogen-bond donors (Lipinski definition) is 0. The fourth-order valence-electron chi connectivity index (χ4n) is 0.282. The van der Waals surface area contributed by atoms with E-state index in [4.69, 9.17) is 0 Å². The fourth-order valence-corrected chi connectivity index (χ4v) is 0.696. The molecule has 0 aromatic rings. The van der Waals surface area contributed by atoms with Crippen LogP contribution in [0.4, 0.5) is 0 Å². The molecule has 0 aromatic carbocycles. The van der Waals surface area contributed by atoms with E-state index < -0.39 is 0 Å².